The van der Waals surface area contributed by atoms with E-state index in [1.807, 2.05) is 24.3 Å². The normalized spacial score (nSPS) is 30.3. The van der Waals surface area contributed by atoms with Crippen LogP contribution in [0.4, 0.5) is 11.4 Å². The standard InChI is InChI=1S/C27H29N5O3S/c1-16(2)20-13-27(20,32-11-5-8-22(23(32)33)30-36-18-9-10-18)25(35)31-15-26(12-17(31)14-28)19-6-3-4-7-21(19)29-24(26)34/h3-8,11,16-18,20,30H,9-10,12-13,15H2,1-2H3,(H,29,34)/t17-,20?,26-,27?/m0/s1. The molecule has 2 saturated carbocycles. The van der Waals surface area contributed by atoms with Gasteiger partial charge in [0, 0.05) is 30.1 Å². The average Bonchev–Trinajstić information content (AvgIpc) is 3.78. The lowest BCUT2D eigenvalue weighted by Crippen LogP contribution is -2.50. The van der Waals surface area contributed by atoms with Crippen molar-refractivity contribution >= 4 is 35.1 Å². The zero-order valence-corrected chi connectivity index (χ0v) is 21.2. The van der Waals surface area contributed by atoms with Gasteiger partial charge in [0.15, 0.2) is 0 Å². The Labute approximate surface area is 214 Å². The molecule has 2 aromatic rings. The number of hydrogen-bond donors (Lipinski definition) is 2. The van der Waals surface area contributed by atoms with Crippen LogP contribution in [0.25, 0.3) is 0 Å². The number of nitrogens with one attached hydrogen (secondary N) is 2. The van der Waals surface area contributed by atoms with E-state index in [9.17, 15) is 19.6 Å². The van der Waals surface area contributed by atoms with Gasteiger partial charge < -0.3 is 14.9 Å². The monoisotopic (exact) mass is 503 g/mol. The minimum Gasteiger partial charge on any atom is -0.325 e. The van der Waals surface area contributed by atoms with Crippen molar-refractivity contribution < 1.29 is 9.59 Å². The Morgan fingerprint density at radius 3 is 2.67 bits per heavy atom. The fourth-order valence-electron chi connectivity index (χ4n) is 6.12. The van der Waals surface area contributed by atoms with Crippen molar-refractivity contribution in [3.63, 3.8) is 0 Å². The molecule has 8 nitrogen and oxygen atoms in total. The number of likely N-dealkylation sites (tertiary alicyclic amines) is 1. The Morgan fingerprint density at radius 1 is 1.19 bits per heavy atom. The molecule has 186 valence electrons. The Hall–Kier alpha value is -3.25. The molecule has 0 bridgehead atoms. The Bertz CT molecular complexity index is 1360. The van der Waals surface area contributed by atoms with E-state index in [4.69, 9.17) is 0 Å². The third-order valence-corrected chi connectivity index (χ3v) is 9.43. The van der Waals surface area contributed by atoms with Gasteiger partial charge in [0.1, 0.15) is 17.3 Å². The second-order valence-corrected chi connectivity index (χ2v) is 12.0. The summed E-state index contributed by atoms with van der Waals surface area (Å²) in [6.07, 6.45) is 4.75. The number of nitrogens with zero attached hydrogens (tertiary/aromatic N) is 3. The van der Waals surface area contributed by atoms with E-state index in [-0.39, 0.29) is 42.2 Å². The van der Waals surface area contributed by atoms with Crippen molar-refractivity contribution in [2.45, 2.75) is 61.8 Å². The number of amides is 2. The van der Waals surface area contributed by atoms with Gasteiger partial charge in [-0.25, -0.2) is 0 Å². The average molecular weight is 504 g/mol. The highest BCUT2D eigenvalue weighted by atomic mass is 32.2. The van der Waals surface area contributed by atoms with E-state index in [0.29, 0.717) is 17.4 Å². The number of pyridine rings is 1. The quantitative estimate of drug-likeness (QED) is 0.585. The molecule has 4 aliphatic rings. The second-order valence-electron chi connectivity index (χ2n) is 10.9. The van der Waals surface area contributed by atoms with E-state index >= 15 is 0 Å². The van der Waals surface area contributed by atoms with Crippen LogP contribution >= 0.6 is 11.9 Å². The number of carbonyl (C=O) groups excluding carboxylic acids is 2. The fraction of sp³-hybridized carbons (Fsp3) is 0.481. The molecular weight excluding hydrogens is 474 g/mol. The predicted octanol–water partition coefficient (Wildman–Crippen LogP) is 3.46. The Kier molecular flexibility index (Phi) is 5.23. The number of hydrogen-bond acceptors (Lipinski definition) is 6. The van der Waals surface area contributed by atoms with Gasteiger partial charge in [0.05, 0.1) is 11.5 Å². The summed E-state index contributed by atoms with van der Waals surface area (Å²) in [5, 5.41) is 13.5. The van der Waals surface area contributed by atoms with Gasteiger partial charge in [0.25, 0.3) is 5.56 Å². The first-order chi connectivity index (χ1) is 17.3. The van der Waals surface area contributed by atoms with Gasteiger partial charge in [-0.15, -0.1) is 0 Å². The van der Waals surface area contributed by atoms with Crippen molar-refractivity contribution in [3.8, 4) is 6.07 Å². The van der Waals surface area contributed by atoms with Crippen LogP contribution in [0.15, 0.2) is 47.4 Å². The molecule has 1 aromatic carbocycles. The van der Waals surface area contributed by atoms with Crippen molar-refractivity contribution in [1.82, 2.24) is 9.47 Å². The zero-order chi connectivity index (χ0) is 25.2. The van der Waals surface area contributed by atoms with Gasteiger partial charge in [0.2, 0.25) is 11.8 Å². The Balaban J connectivity index is 1.38. The minimum absolute atomic E-state index is 0.0328. The number of aromatic nitrogens is 1. The molecule has 3 heterocycles. The van der Waals surface area contributed by atoms with Crippen LogP contribution < -0.4 is 15.6 Å². The molecule has 2 N–H and O–H groups in total. The first kappa shape index (κ1) is 23.2. The lowest BCUT2D eigenvalue weighted by molar-refractivity contribution is -0.137. The summed E-state index contributed by atoms with van der Waals surface area (Å²) in [4.78, 5) is 42.7. The maximum absolute atomic E-state index is 14.4. The van der Waals surface area contributed by atoms with Crippen LogP contribution in [-0.2, 0) is 20.5 Å². The highest BCUT2D eigenvalue weighted by Crippen LogP contribution is 2.57. The molecule has 1 saturated heterocycles. The van der Waals surface area contributed by atoms with E-state index in [0.717, 1.165) is 24.1 Å². The van der Waals surface area contributed by atoms with Crippen LogP contribution in [-0.4, -0.2) is 39.1 Å². The van der Waals surface area contributed by atoms with Crippen LogP contribution in [0.3, 0.4) is 0 Å². The molecule has 0 radical (unpaired) electrons. The minimum atomic E-state index is -1.05. The summed E-state index contributed by atoms with van der Waals surface area (Å²) in [6, 6.07) is 12.6. The first-order valence-corrected chi connectivity index (χ1v) is 13.5. The lowest BCUT2D eigenvalue weighted by atomic mass is 9.80. The summed E-state index contributed by atoms with van der Waals surface area (Å²) in [5.74, 6) is -0.276. The van der Waals surface area contributed by atoms with E-state index in [2.05, 4.69) is 30.0 Å². The van der Waals surface area contributed by atoms with Gasteiger partial charge >= 0.3 is 0 Å². The molecule has 4 atom stereocenters. The van der Waals surface area contributed by atoms with Crippen LogP contribution in [0, 0.1) is 23.2 Å². The predicted molar refractivity (Wildman–Crippen MR) is 138 cm³/mol. The third kappa shape index (κ3) is 3.30. The second kappa shape index (κ2) is 8.13. The summed E-state index contributed by atoms with van der Waals surface area (Å²) >= 11 is 1.55. The maximum Gasteiger partial charge on any atom is 0.275 e. The van der Waals surface area contributed by atoms with Crippen molar-refractivity contribution in [2.75, 3.05) is 16.6 Å². The van der Waals surface area contributed by atoms with Gasteiger partial charge in [-0.05, 0) is 66.8 Å². The molecule has 1 aromatic heterocycles. The smallest absolute Gasteiger partial charge is 0.275 e. The highest BCUT2D eigenvalue weighted by Gasteiger charge is 2.67. The van der Waals surface area contributed by atoms with Crippen molar-refractivity contribution in [3.05, 3.63) is 58.5 Å². The van der Waals surface area contributed by atoms with Crippen molar-refractivity contribution in [2.24, 2.45) is 11.8 Å². The summed E-state index contributed by atoms with van der Waals surface area (Å²) < 4.78 is 4.78. The van der Waals surface area contributed by atoms with Crippen LogP contribution in [0.1, 0.15) is 45.1 Å². The van der Waals surface area contributed by atoms with Crippen LogP contribution in [0.5, 0.6) is 0 Å². The SMILES string of the molecule is CC(C)C1CC1(C(=O)N1C[C@]2(C[C@H]1C#N)C(=O)Nc1ccccc12)n1cccc(NSC2CC2)c1=O. The van der Waals surface area contributed by atoms with Gasteiger partial charge in [-0.2, -0.15) is 5.26 Å². The number of para-hydroxylation sites is 1. The third-order valence-electron chi connectivity index (χ3n) is 8.29. The lowest BCUT2D eigenvalue weighted by Gasteiger charge is -2.30. The number of nitriles is 1. The molecule has 9 heteroatoms. The molecule has 36 heavy (non-hydrogen) atoms. The molecule has 1 spiro atoms. The number of rotatable bonds is 6. The molecule has 2 aliphatic heterocycles. The number of anilines is 2. The molecule has 2 aliphatic carbocycles. The summed E-state index contributed by atoms with van der Waals surface area (Å²) in [5.41, 5.74) is -0.203. The summed E-state index contributed by atoms with van der Waals surface area (Å²) in [6.45, 7) is 4.25. The number of carbonyl (C=O) groups is 2. The number of fused-ring (bicyclic) bond motifs is 2. The zero-order valence-electron chi connectivity index (χ0n) is 20.4. The maximum atomic E-state index is 14.4. The van der Waals surface area contributed by atoms with Gasteiger partial charge in [-0.1, -0.05) is 32.0 Å². The highest BCUT2D eigenvalue weighted by molar-refractivity contribution is 8.01. The van der Waals surface area contributed by atoms with Crippen LogP contribution in [0.2, 0.25) is 0 Å². The molecular formula is C27H29N5O3S. The number of benzene rings is 1. The van der Waals surface area contributed by atoms with Crippen molar-refractivity contribution in [1.29, 1.82) is 5.26 Å². The Morgan fingerprint density at radius 2 is 1.97 bits per heavy atom. The first-order valence-electron chi connectivity index (χ1n) is 12.6. The largest absolute Gasteiger partial charge is 0.325 e. The van der Waals surface area contributed by atoms with E-state index in [1.54, 1.807) is 39.7 Å². The molecule has 3 fully saturated rings. The molecule has 2 unspecified atom stereocenters. The molecule has 2 amide bonds. The van der Waals surface area contributed by atoms with Gasteiger partial charge in [-0.3, -0.25) is 19.0 Å². The van der Waals surface area contributed by atoms with E-state index < -0.39 is 17.0 Å². The summed E-state index contributed by atoms with van der Waals surface area (Å²) in [7, 11) is 0. The fourth-order valence-corrected chi connectivity index (χ4v) is 6.95. The topological polar surface area (TPSA) is 107 Å². The molecule has 6 rings (SSSR count). The van der Waals surface area contributed by atoms with E-state index in [1.165, 1.54) is 0 Å².